The van der Waals surface area contributed by atoms with E-state index in [9.17, 15) is 18.0 Å². The van der Waals surface area contributed by atoms with Gasteiger partial charge in [0.25, 0.3) is 0 Å². The molecule has 1 aromatic carbocycles. The van der Waals surface area contributed by atoms with Crippen LogP contribution in [0.15, 0.2) is 18.2 Å². The lowest BCUT2D eigenvalue weighted by molar-refractivity contribution is -0.173. The summed E-state index contributed by atoms with van der Waals surface area (Å²) in [6.07, 6.45) is -4.59. The first-order valence-corrected chi connectivity index (χ1v) is 5.70. The number of amides is 1. The van der Waals surface area contributed by atoms with Crippen LogP contribution in [0, 0.1) is 0 Å². The molecule has 0 saturated heterocycles. The van der Waals surface area contributed by atoms with Gasteiger partial charge in [0.2, 0.25) is 0 Å². The molecule has 1 aromatic rings. The zero-order chi connectivity index (χ0) is 14.5. The normalized spacial score (nSPS) is 11.2. The molecule has 4 nitrogen and oxygen atoms in total. The number of hydrogen-bond acceptors (Lipinski definition) is 3. The average molecular weight is 276 g/mol. The van der Waals surface area contributed by atoms with Crippen molar-refractivity contribution in [2.24, 2.45) is 0 Å². The number of nitrogens with one attached hydrogen (secondary N) is 1. The van der Waals surface area contributed by atoms with E-state index in [1.54, 1.807) is 23.5 Å². The molecule has 0 aliphatic carbocycles. The van der Waals surface area contributed by atoms with Crippen LogP contribution in [0.25, 0.3) is 0 Å². The van der Waals surface area contributed by atoms with Gasteiger partial charge in [-0.15, -0.1) is 0 Å². The number of rotatable bonds is 5. The van der Waals surface area contributed by atoms with Gasteiger partial charge in [-0.25, -0.2) is 0 Å². The van der Waals surface area contributed by atoms with Gasteiger partial charge in [-0.05, 0) is 31.0 Å². The predicted octanol–water partition coefficient (Wildman–Crippen LogP) is 1.89. The molecule has 0 fully saturated rings. The van der Waals surface area contributed by atoms with E-state index in [4.69, 9.17) is 10.5 Å². The zero-order valence-electron chi connectivity index (χ0n) is 10.4. The summed E-state index contributed by atoms with van der Waals surface area (Å²) in [5.74, 6) is -1.41. The van der Waals surface area contributed by atoms with Crippen LogP contribution in [0.1, 0.15) is 12.5 Å². The largest absolute Gasteiger partial charge is 0.492 e. The van der Waals surface area contributed by atoms with Crippen LogP contribution in [0.2, 0.25) is 0 Å². The molecule has 0 spiro atoms. The molecule has 19 heavy (non-hydrogen) atoms. The van der Waals surface area contributed by atoms with Gasteiger partial charge >= 0.3 is 12.1 Å². The highest BCUT2D eigenvalue weighted by Gasteiger charge is 2.38. The monoisotopic (exact) mass is 276 g/mol. The SMILES string of the molecule is CCOc1ccc(CCNC(=O)C(F)(F)F)cc1N. The highest BCUT2D eigenvalue weighted by molar-refractivity contribution is 5.81. The second-order valence-corrected chi connectivity index (χ2v) is 3.81. The van der Waals surface area contributed by atoms with Crippen molar-refractivity contribution in [2.45, 2.75) is 19.5 Å². The van der Waals surface area contributed by atoms with Gasteiger partial charge in [0.15, 0.2) is 0 Å². The summed E-state index contributed by atoms with van der Waals surface area (Å²) >= 11 is 0. The molecule has 1 amide bonds. The van der Waals surface area contributed by atoms with E-state index in [1.165, 1.54) is 0 Å². The first-order chi connectivity index (χ1) is 8.84. The van der Waals surface area contributed by atoms with Crippen LogP contribution in [0.5, 0.6) is 5.75 Å². The van der Waals surface area contributed by atoms with E-state index in [-0.39, 0.29) is 13.0 Å². The molecule has 0 aromatic heterocycles. The van der Waals surface area contributed by atoms with E-state index in [1.807, 2.05) is 6.92 Å². The highest BCUT2D eigenvalue weighted by atomic mass is 19.4. The number of benzene rings is 1. The number of hydrogen-bond donors (Lipinski definition) is 2. The molecule has 0 radical (unpaired) electrons. The second-order valence-electron chi connectivity index (χ2n) is 3.81. The van der Waals surface area contributed by atoms with Crippen molar-refractivity contribution in [1.29, 1.82) is 0 Å². The van der Waals surface area contributed by atoms with Gasteiger partial charge in [0.1, 0.15) is 5.75 Å². The lowest BCUT2D eigenvalue weighted by Crippen LogP contribution is -2.37. The predicted molar refractivity (Wildman–Crippen MR) is 64.8 cm³/mol. The smallest absolute Gasteiger partial charge is 0.471 e. The molecule has 0 saturated carbocycles. The van der Waals surface area contributed by atoms with Crippen molar-refractivity contribution >= 4 is 11.6 Å². The Labute approximate surface area is 108 Å². The summed E-state index contributed by atoms with van der Waals surface area (Å²) in [5, 5.41) is 1.79. The number of nitrogens with two attached hydrogens (primary N) is 1. The topological polar surface area (TPSA) is 64.3 Å². The minimum Gasteiger partial charge on any atom is -0.492 e. The van der Waals surface area contributed by atoms with E-state index in [0.717, 1.165) is 5.56 Å². The number of alkyl halides is 3. The maximum Gasteiger partial charge on any atom is 0.471 e. The third kappa shape index (κ3) is 4.69. The van der Waals surface area contributed by atoms with Crippen molar-refractivity contribution in [2.75, 3.05) is 18.9 Å². The van der Waals surface area contributed by atoms with Crippen molar-refractivity contribution < 1.29 is 22.7 Å². The Bertz CT molecular complexity index is 447. The van der Waals surface area contributed by atoms with Gasteiger partial charge in [0, 0.05) is 6.54 Å². The van der Waals surface area contributed by atoms with Gasteiger partial charge < -0.3 is 15.8 Å². The second kappa shape index (κ2) is 6.31. The van der Waals surface area contributed by atoms with Crippen molar-refractivity contribution in [3.05, 3.63) is 23.8 Å². The zero-order valence-corrected chi connectivity index (χ0v) is 10.4. The summed E-state index contributed by atoms with van der Waals surface area (Å²) in [7, 11) is 0. The van der Waals surface area contributed by atoms with Crippen molar-refractivity contribution in [3.8, 4) is 5.75 Å². The van der Waals surface area contributed by atoms with E-state index < -0.39 is 12.1 Å². The lowest BCUT2D eigenvalue weighted by Gasteiger charge is -2.10. The van der Waals surface area contributed by atoms with Crippen molar-refractivity contribution in [3.63, 3.8) is 0 Å². The minimum absolute atomic E-state index is 0.105. The van der Waals surface area contributed by atoms with Gasteiger partial charge in [-0.3, -0.25) is 4.79 Å². The Morgan fingerprint density at radius 2 is 2.11 bits per heavy atom. The fourth-order valence-corrected chi connectivity index (χ4v) is 1.46. The van der Waals surface area contributed by atoms with Crippen LogP contribution in [-0.4, -0.2) is 25.2 Å². The molecule has 0 atom stereocenters. The molecule has 0 aliphatic rings. The molecule has 1 rings (SSSR count). The Balaban J connectivity index is 2.51. The summed E-state index contributed by atoms with van der Waals surface area (Å²) < 4.78 is 41.0. The molecule has 106 valence electrons. The first-order valence-electron chi connectivity index (χ1n) is 5.70. The maximum absolute atomic E-state index is 11.9. The summed E-state index contributed by atoms with van der Waals surface area (Å²) in [5.41, 5.74) is 6.86. The number of nitrogen functional groups attached to an aromatic ring is 1. The van der Waals surface area contributed by atoms with Gasteiger partial charge in [0.05, 0.1) is 12.3 Å². The summed E-state index contributed by atoms with van der Waals surface area (Å²) in [6, 6.07) is 4.96. The molecule has 0 aliphatic heterocycles. The Morgan fingerprint density at radius 3 is 2.63 bits per heavy atom. The maximum atomic E-state index is 11.9. The molecule has 3 N–H and O–H groups in total. The number of halogens is 3. The highest BCUT2D eigenvalue weighted by Crippen LogP contribution is 2.22. The number of ether oxygens (including phenoxy) is 1. The van der Waals surface area contributed by atoms with Crippen LogP contribution in [-0.2, 0) is 11.2 Å². The van der Waals surface area contributed by atoms with Gasteiger partial charge in [-0.1, -0.05) is 6.07 Å². The van der Waals surface area contributed by atoms with Crippen molar-refractivity contribution in [1.82, 2.24) is 5.32 Å². The minimum atomic E-state index is -4.85. The summed E-state index contributed by atoms with van der Waals surface area (Å²) in [6.45, 7) is 2.19. The van der Waals surface area contributed by atoms with E-state index in [0.29, 0.717) is 18.0 Å². The molecular formula is C12H15F3N2O2. The van der Waals surface area contributed by atoms with E-state index in [2.05, 4.69) is 0 Å². The lowest BCUT2D eigenvalue weighted by atomic mass is 10.1. The Kier molecular flexibility index (Phi) is 5.02. The number of carbonyl (C=O) groups excluding carboxylic acids is 1. The average Bonchev–Trinajstić information content (AvgIpc) is 2.31. The fraction of sp³-hybridized carbons (Fsp3) is 0.417. The van der Waals surface area contributed by atoms with Crippen LogP contribution in [0.3, 0.4) is 0 Å². The fourth-order valence-electron chi connectivity index (χ4n) is 1.46. The summed E-state index contributed by atoms with van der Waals surface area (Å²) in [4.78, 5) is 10.6. The van der Waals surface area contributed by atoms with Crippen LogP contribution in [0.4, 0.5) is 18.9 Å². The number of carbonyl (C=O) groups is 1. The van der Waals surface area contributed by atoms with Crippen LogP contribution < -0.4 is 15.8 Å². The Morgan fingerprint density at radius 1 is 1.42 bits per heavy atom. The first kappa shape index (κ1) is 15.1. The van der Waals surface area contributed by atoms with E-state index >= 15 is 0 Å². The Hall–Kier alpha value is -1.92. The molecule has 0 unspecified atom stereocenters. The third-order valence-corrected chi connectivity index (χ3v) is 2.33. The molecular weight excluding hydrogens is 261 g/mol. The quantitative estimate of drug-likeness (QED) is 0.807. The third-order valence-electron chi connectivity index (χ3n) is 2.33. The van der Waals surface area contributed by atoms with Crippen LogP contribution >= 0.6 is 0 Å². The molecule has 0 heterocycles. The molecule has 0 bridgehead atoms. The molecule has 7 heteroatoms. The standard InChI is InChI=1S/C12H15F3N2O2/c1-2-19-10-4-3-8(7-9(10)16)5-6-17-11(18)12(13,14)15/h3-4,7H,2,5-6,16H2,1H3,(H,17,18). The number of anilines is 1. The van der Waals surface area contributed by atoms with Gasteiger partial charge in [-0.2, -0.15) is 13.2 Å².